The third-order valence-electron chi connectivity index (χ3n) is 5.87. The van der Waals surface area contributed by atoms with Gasteiger partial charge < -0.3 is 15.0 Å². The molecule has 1 aliphatic heterocycles. The second-order valence-electron chi connectivity index (χ2n) is 8.12. The molecule has 4 rings (SSSR count). The molecule has 1 atom stereocenters. The summed E-state index contributed by atoms with van der Waals surface area (Å²) < 4.78 is 0. The average molecular weight is 417 g/mol. The van der Waals surface area contributed by atoms with Crippen molar-refractivity contribution >= 4 is 34.1 Å². The van der Waals surface area contributed by atoms with Crippen molar-refractivity contribution in [2.75, 3.05) is 18.6 Å². The minimum absolute atomic E-state index is 0. The summed E-state index contributed by atoms with van der Waals surface area (Å²) in [4.78, 5) is 42.1. The Morgan fingerprint density at radius 3 is 2.50 bits per heavy atom. The number of nitrogens with one attached hydrogen (secondary N) is 3. The molecule has 2 heterocycles. The monoisotopic (exact) mass is 416 g/mol. The summed E-state index contributed by atoms with van der Waals surface area (Å²) >= 11 is 0. The van der Waals surface area contributed by atoms with E-state index in [2.05, 4.69) is 4.98 Å². The number of aromatic nitrogens is 1. The number of hydrogen-bond donors (Lipinski definition) is 4. The fraction of sp³-hybridized carbons (Fsp3) is 0.500. The number of amides is 1. The van der Waals surface area contributed by atoms with E-state index in [1.807, 2.05) is 26.0 Å². The third-order valence-corrected chi connectivity index (χ3v) is 5.87. The van der Waals surface area contributed by atoms with Crippen LogP contribution in [0.1, 0.15) is 63.6 Å². The molecule has 1 amide bonds. The number of Topliss-reactive ketones (excluding diaryl/α,β-unsaturated/α-hetero) is 2. The zero-order valence-electron chi connectivity index (χ0n) is 18.2. The Hall–Kier alpha value is -2.87. The van der Waals surface area contributed by atoms with Crippen molar-refractivity contribution in [2.45, 2.75) is 52.4 Å². The molecule has 164 valence electrons. The average Bonchev–Trinajstić information content (AvgIpc) is 3.07. The summed E-state index contributed by atoms with van der Waals surface area (Å²) in [5.41, 5.74) is 13.7. The molecule has 4 N–H and O–H groups in total. The highest BCUT2D eigenvalue weighted by Crippen LogP contribution is 2.44. The first-order chi connectivity index (χ1) is 14.1. The molecule has 8 nitrogen and oxygen atoms in total. The minimum atomic E-state index is -0.577. The zero-order valence-corrected chi connectivity index (χ0v) is 18.2. The van der Waals surface area contributed by atoms with Crippen LogP contribution in [0.4, 0.5) is 5.69 Å². The second kappa shape index (κ2) is 8.87. The predicted molar refractivity (Wildman–Crippen MR) is 116 cm³/mol. The Labute approximate surface area is 177 Å². The molecule has 1 aromatic heterocycles. The van der Waals surface area contributed by atoms with Gasteiger partial charge in [-0.15, -0.1) is 0 Å². The Bertz CT molecular complexity index is 999. The lowest BCUT2D eigenvalue weighted by Crippen LogP contribution is -2.33. The lowest BCUT2D eigenvalue weighted by molar-refractivity contribution is -0.122. The number of benzene rings is 1. The number of anilines is 1. The van der Waals surface area contributed by atoms with Crippen LogP contribution in [0, 0.1) is 17.0 Å². The predicted octanol–water partition coefficient (Wildman–Crippen LogP) is 3.99. The molecule has 1 aliphatic carbocycles. The van der Waals surface area contributed by atoms with Crippen LogP contribution in [0.2, 0.25) is 0 Å². The van der Waals surface area contributed by atoms with E-state index in [0.29, 0.717) is 12.1 Å². The van der Waals surface area contributed by atoms with Gasteiger partial charge in [-0.05, 0) is 70.2 Å². The van der Waals surface area contributed by atoms with Crippen molar-refractivity contribution in [2.24, 2.45) is 5.92 Å². The number of H-pyrrole nitrogens is 1. The third kappa shape index (κ3) is 3.67. The van der Waals surface area contributed by atoms with Crippen molar-refractivity contribution in [3.05, 3.63) is 29.0 Å². The van der Waals surface area contributed by atoms with E-state index < -0.39 is 11.3 Å². The molecule has 0 fully saturated rings. The maximum Gasteiger partial charge on any atom is 0.236 e. The van der Waals surface area contributed by atoms with Crippen LogP contribution in [-0.2, 0) is 21.4 Å². The molecule has 2 aliphatic rings. The van der Waals surface area contributed by atoms with Gasteiger partial charge in [0, 0.05) is 31.7 Å². The van der Waals surface area contributed by atoms with E-state index in [1.54, 1.807) is 18.9 Å². The number of ketones is 2. The van der Waals surface area contributed by atoms with Gasteiger partial charge in [0.25, 0.3) is 0 Å². The van der Waals surface area contributed by atoms with Crippen LogP contribution in [0.15, 0.2) is 12.1 Å². The van der Waals surface area contributed by atoms with Crippen molar-refractivity contribution in [1.29, 1.82) is 11.1 Å². The maximum atomic E-state index is 12.8. The summed E-state index contributed by atoms with van der Waals surface area (Å²) in [7, 11) is 1.80. The van der Waals surface area contributed by atoms with E-state index in [0.717, 1.165) is 40.6 Å². The molecule has 1 aromatic carbocycles. The number of aliphatic hydroxyl groups excluding tert-OH is 1. The first kappa shape index (κ1) is 23.4. The maximum absolute atomic E-state index is 12.8. The fourth-order valence-electron chi connectivity index (χ4n) is 4.35. The van der Waals surface area contributed by atoms with Crippen LogP contribution in [0.3, 0.4) is 0 Å². The van der Waals surface area contributed by atoms with Crippen molar-refractivity contribution in [1.82, 2.24) is 4.98 Å². The Balaban J connectivity index is 0.000000740. The molecule has 0 saturated carbocycles. The van der Waals surface area contributed by atoms with E-state index in [4.69, 9.17) is 16.2 Å². The lowest BCUT2D eigenvalue weighted by atomic mass is 9.85. The fourth-order valence-corrected chi connectivity index (χ4v) is 4.35. The molecule has 8 heteroatoms. The minimum Gasteiger partial charge on any atom is -0.397 e. The SMILES string of the molecule is CC(=O)C1CCCc2c([nH]c3cc4c(cc23)N(C)C(=O)C4(C)C)C1=O.CCO.N=N.[HH]. The van der Waals surface area contributed by atoms with E-state index in [9.17, 15) is 14.4 Å². The summed E-state index contributed by atoms with van der Waals surface area (Å²) in [5.74, 6) is -0.624. The molecular weight excluding hydrogens is 384 g/mol. The highest BCUT2D eigenvalue weighted by atomic mass is 16.2. The molecular formula is C22H32N4O4. The van der Waals surface area contributed by atoms with Gasteiger partial charge in [0.2, 0.25) is 5.91 Å². The number of carbonyl (C=O) groups excluding carboxylic acids is 3. The summed E-state index contributed by atoms with van der Waals surface area (Å²) in [5, 5.41) is 8.56. The van der Waals surface area contributed by atoms with Crippen molar-refractivity contribution in [3.63, 3.8) is 0 Å². The van der Waals surface area contributed by atoms with Crippen LogP contribution >= 0.6 is 0 Å². The number of aromatic amines is 1. The van der Waals surface area contributed by atoms with Crippen LogP contribution in [0.5, 0.6) is 0 Å². The number of nitrogens with zero attached hydrogens (tertiary/aromatic N) is 1. The standard InChI is InChI=1S/C20H22N2O3.C2H6O.H2N2.H2/c1-10(23)11-6-5-7-12-13-8-16-14(20(2,3)19(25)22(16)4)9-15(13)21-17(12)18(11)24;1-2-3;1-2;/h8-9,11,21H,5-7H2,1-4H3;3H,2H2,1H3;1-2H;1H. The molecule has 2 aromatic rings. The Morgan fingerprint density at radius 1 is 1.33 bits per heavy atom. The largest absolute Gasteiger partial charge is 0.397 e. The number of aryl methyl sites for hydroxylation is 1. The van der Waals surface area contributed by atoms with Gasteiger partial charge in [0.1, 0.15) is 5.78 Å². The smallest absolute Gasteiger partial charge is 0.236 e. The van der Waals surface area contributed by atoms with Gasteiger partial charge in [-0.1, -0.05) is 0 Å². The van der Waals surface area contributed by atoms with Gasteiger partial charge in [-0.3, -0.25) is 14.4 Å². The highest BCUT2D eigenvalue weighted by Gasteiger charge is 2.43. The second-order valence-corrected chi connectivity index (χ2v) is 8.12. The Morgan fingerprint density at radius 2 is 1.93 bits per heavy atom. The van der Waals surface area contributed by atoms with Gasteiger partial charge in [0.05, 0.1) is 17.0 Å². The molecule has 1 unspecified atom stereocenters. The quantitative estimate of drug-likeness (QED) is 0.317. The lowest BCUT2D eigenvalue weighted by Gasteiger charge is -2.16. The summed E-state index contributed by atoms with van der Waals surface area (Å²) in [6.45, 7) is 7.27. The van der Waals surface area contributed by atoms with Crippen LogP contribution in [-0.4, -0.2) is 41.2 Å². The number of fused-ring (bicyclic) bond motifs is 4. The van der Waals surface area contributed by atoms with Gasteiger partial charge in [-0.2, -0.15) is 0 Å². The molecule has 0 saturated heterocycles. The highest BCUT2D eigenvalue weighted by molar-refractivity contribution is 6.14. The van der Waals surface area contributed by atoms with Crippen molar-refractivity contribution in [3.8, 4) is 0 Å². The van der Waals surface area contributed by atoms with Gasteiger partial charge >= 0.3 is 0 Å². The number of carbonyl (C=O) groups is 3. The topological polar surface area (TPSA) is 138 Å². The molecule has 0 spiro atoms. The molecule has 30 heavy (non-hydrogen) atoms. The van der Waals surface area contributed by atoms with Crippen molar-refractivity contribution < 1.29 is 20.9 Å². The number of hydrogen-bond acceptors (Lipinski definition) is 6. The first-order valence-corrected chi connectivity index (χ1v) is 10.0. The zero-order chi connectivity index (χ0) is 22.8. The van der Waals surface area contributed by atoms with E-state index >= 15 is 0 Å². The normalized spacial score (nSPS) is 19.1. The van der Waals surface area contributed by atoms with Gasteiger partial charge in [-0.25, -0.2) is 11.1 Å². The number of aliphatic hydroxyl groups is 1. The van der Waals surface area contributed by atoms with E-state index in [1.165, 1.54) is 6.92 Å². The Kier molecular flexibility index (Phi) is 6.92. The number of rotatable bonds is 1. The number of likely N-dealkylation sites (N-methyl/N-ethyl adjacent to an activating group) is 1. The van der Waals surface area contributed by atoms with E-state index in [-0.39, 0.29) is 25.5 Å². The van der Waals surface area contributed by atoms with Gasteiger partial charge in [0.15, 0.2) is 5.78 Å². The summed E-state index contributed by atoms with van der Waals surface area (Å²) in [6, 6.07) is 4.02. The van der Waals surface area contributed by atoms with Crippen LogP contribution in [0.25, 0.3) is 10.9 Å². The molecule has 0 bridgehead atoms. The summed E-state index contributed by atoms with van der Waals surface area (Å²) in [6.07, 6.45) is 2.19. The van der Waals surface area contributed by atoms with Crippen LogP contribution < -0.4 is 4.90 Å². The first-order valence-electron chi connectivity index (χ1n) is 10.0. The molecule has 0 radical (unpaired) electrons.